The lowest BCUT2D eigenvalue weighted by atomic mass is 9.89. The largest absolute Gasteiger partial charge is 0.312 e. The Hall–Kier alpha value is -0.0800. The zero-order chi connectivity index (χ0) is 13.4. The molecule has 1 N–H and O–H groups in total. The standard InChI is InChI=1S/C16H34N2/c1-5-7-8-15-10-16(17-11-14(3)4)13-18(12-15)9-6-2/h14-17H,5-13H2,1-4H3. The molecule has 18 heavy (non-hydrogen) atoms. The molecule has 2 atom stereocenters. The fourth-order valence-electron chi connectivity index (χ4n) is 3.05. The predicted octanol–water partition coefficient (Wildman–Crippen LogP) is 3.52. The summed E-state index contributed by atoms with van der Waals surface area (Å²) in [6.07, 6.45) is 6.86. The van der Waals surface area contributed by atoms with Gasteiger partial charge in [0.2, 0.25) is 0 Å². The van der Waals surface area contributed by atoms with Gasteiger partial charge in [-0.3, -0.25) is 0 Å². The molecule has 2 heteroatoms. The first kappa shape index (κ1) is 16.0. The van der Waals surface area contributed by atoms with Crippen LogP contribution in [0.5, 0.6) is 0 Å². The van der Waals surface area contributed by atoms with Gasteiger partial charge in [0, 0.05) is 19.1 Å². The Balaban J connectivity index is 2.40. The van der Waals surface area contributed by atoms with Gasteiger partial charge < -0.3 is 10.2 Å². The van der Waals surface area contributed by atoms with E-state index in [-0.39, 0.29) is 0 Å². The zero-order valence-corrected chi connectivity index (χ0v) is 13.0. The molecule has 0 aromatic heterocycles. The summed E-state index contributed by atoms with van der Waals surface area (Å²) in [6.45, 7) is 14.3. The second-order valence-electron chi connectivity index (χ2n) is 6.50. The molecule has 0 amide bonds. The number of hydrogen-bond donors (Lipinski definition) is 1. The Morgan fingerprint density at radius 2 is 1.94 bits per heavy atom. The lowest BCUT2D eigenvalue weighted by Crippen LogP contribution is -2.50. The van der Waals surface area contributed by atoms with Crippen molar-refractivity contribution >= 4 is 0 Å². The van der Waals surface area contributed by atoms with Gasteiger partial charge >= 0.3 is 0 Å². The van der Waals surface area contributed by atoms with Crippen LogP contribution in [0.1, 0.15) is 59.8 Å². The van der Waals surface area contributed by atoms with Crippen molar-refractivity contribution in [3.63, 3.8) is 0 Å². The molecule has 1 rings (SSSR count). The van der Waals surface area contributed by atoms with E-state index in [0.29, 0.717) is 0 Å². The van der Waals surface area contributed by atoms with E-state index in [9.17, 15) is 0 Å². The maximum absolute atomic E-state index is 3.77. The smallest absolute Gasteiger partial charge is 0.0198 e. The average molecular weight is 254 g/mol. The first-order chi connectivity index (χ1) is 8.65. The molecule has 1 aliphatic rings. The second-order valence-corrected chi connectivity index (χ2v) is 6.50. The third kappa shape index (κ3) is 6.19. The SMILES string of the molecule is CCCCC1CC(NCC(C)C)CN(CCC)C1. The van der Waals surface area contributed by atoms with Crippen molar-refractivity contribution in [2.24, 2.45) is 11.8 Å². The molecule has 2 unspecified atom stereocenters. The van der Waals surface area contributed by atoms with Gasteiger partial charge in [-0.05, 0) is 44.2 Å². The molecule has 0 aliphatic carbocycles. The molecular formula is C16H34N2. The molecule has 1 aliphatic heterocycles. The molecule has 0 radical (unpaired) electrons. The van der Waals surface area contributed by atoms with Crippen LogP contribution in [0.25, 0.3) is 0 Å². The van der Waals surface area contributed by atoms with Gasteiger partial charge in [-0.25, -0.2) is 0 Å². The number of piperidine rings is 1. The van der Waals surface area contributed by atoms with Gasteiger partial charge in [-0.15, -0.1) is 0 Å². The van der Waals surface area contributed by atoms with Crippen LogP contribution in [0.4, 0.5) is 0 Å². The highest BCUT2D eigenvalue weighted by molar-refractivity contribution is 4.83. The van der Waals surface area contributed by atoms with Crippen LogP contribution in [0.2, 0.25) is 0 Å². The third-order valence-electron chi connectivity index (χ3n) is 3.93. The Kier molecular flexibility index (Phi) is 7.92. The van der Waals surface area contributed by atoms with Crippen molar-refractivity contribution < 1.29 is 0 Å². The van der Waals surface area contributed by atoms with Crippen molar-refractivity contribution in [1.82, 2.24) is 10.2 Å². The molecule has 0 aromatic rings. The van der Waals surface area contributed by atoms with Crippen LogP contribution in [0.3, 0.4) is 0 Å². The first-order valence-electron chi connectivity index (χ1n) is 8.11. The number of nitrogens with zero attached hydrogens (tertiary/aromatic N) is 1. The van der Waals surface area contributed by atoms with E-state index >= 15 is 0 Å². The molecule has 2 nitrogen and oxygen atoms in total. The van der Waals surface area contributed by atoms with Gasteiger partial charge in [-0.2, -0.15) is 0 Å². The summed E-state index contributed by atoms with van der Waals surface area (Å²) in [7, 11) is 0. The lowest BCUT2D eigenvalue weighted by Gasteiger charge is -2.38. The molecule has 0 saturated carbocycles. The van der Waals surface area contributed by atoms with Crippen LogP contribution in [0, 0.1) is 11.8 Å². The van der Waals surface area contributed by atoms with E-state index < -0.39 is 0 Å². The number of hydrogen-bond acceptors (Lipinski definition) is 2. The fourth-order valence-corrected chi connectivity index (χ4v) is 3.05. The summed E-state index contributed by atoms with van der Waals surface area (Å²) in [4.78, 5) is 2.68. The van der Waals surface area contributed by atoms with Crippen molar-refractivity contribution in [1.29, 1.82) is 0 Å². The Labute approximate surface area is 115 Å². The van der Waals surface area contributed by atoms with Crippen LogP contribution < -0.4 is 5.32 Å². The molecular weight excluding hydrogens is 220 g/mol. The third-order valence-corrected chi connectivity index (χ3v) is 3.93. The van der Waals surface area contributed by atoms with Crippen molar-refractivity contribution in [3.8, 4) is 0 Å². The number of nitrogens with one attached hydrogen (secondary N) is 1. The van der Waals surface area contributed by atoms with Gasteiger partial charge in [-0.1, -0.05) is 40.5 Å². The lowest BCUT2D eigenvalue weighted by molar-refractivity contribution is 0.133. The van der Waals surface area contributed by atoms with E-state index in [2.05, 4.69) is 37.9 Å². The van der Waals surface area contributed by atoms with Gasteiger partial charge in [0.1, 0.15) is 0 Å². The van der Waals surface area contributed by atoms with Crippen LogP contribution in [-0.4, -0.2) is 37.1 Å². The summed E-state index contributed by atoms with van der Waals surface area (Å²) < 4.78 is 0. The molecule has 0 bridgehead atoms. The normalized spacial score (nSPS) is 25.8. The number of likely N-dealkylation sites (tertiary alicyclic amines) is 1. The fraction of sp³-hybridized carbons (Fsp3) is 1.00. The Morgan fingerprint density at radius 1 is 1.17 bits per heavy atom. The Bertz CT molecular complexity index is 203. The number of rotatable bonds is 8. The highest BCUT2D eigenvalue weighted by Crippen LogP contribution is 2.22. The monoisotopic (exact) mass is 254 g/mol. The van der Waals surface area contributed by atoms with Crippen LogP contribution in [0.15, 0.2) is 0 Å². The molecule has 108 valence electrons. The van der Waals surface area contributed by atoms with E-state index in [1.165, 1.54) is 58.3 Å². The molecule has 0 aromatic carbocycles. The predicted molar refractivity (Wildman–Crippen MR) is 81.0 cm³/mol. The van der Waals surface area contributed by atoms with Gasteiger partial charge in [0.25, 0.3) is 0 Å². The van der Waals surface area contributed by atoms with Gasteiger partial charge in [0.05, 0.1) is 0 Å². The first-order valence-corrected chi connectivity index (χ1v) is 8.11. The van der Waals surface area contributed by atoms with E-state index in [1.807, 2.05) is 0 Å². The highest BCUT2D eigenvalue weighted by atomic mass is 15.2. The molecule has 1 saturated heterocycles. The minimum Gasteiger partial charge on any atom is -0.312 e. The second kappa shape index (κ2) is 8.92. The number of unbranched alkanes of at least 4 members (excludes halogenated alkanes) is 1. The molecule has 1 fully saturated rings. The maximum atomic E-state index is 3.77. The highest BCUT2D eigenvalue weighted by Gasteiger charge is 2.25. The van der Waals surface area contributed by atoms with E-state index in [1.54, 1.807) is 0 Å². The van der Waals surface area contributed by atoms with Crippen molar-refractivity contribution in [2.45, 2.75) is 65.8 Å². The molecule has 1 heterocycles. The summed E-state index contributed by atoms with van der Waals surface area (Å²) in [5.74, 6) is 1.69. The summed E-state index contributed by atoms with van der Waals surface area (Å²) in [5, 5.41) is 3.77. The van der Waals surface area contributed by atoms with Crippen molar-refractivity contribution in [2.75, 3.05) is 26.2 Å². The van der Waals surface area contributed by atoms with Crippen LogP contribution in [-0.2, 0) is 0 Å². The average Bonchev–Trinajstić information content (AvgIpc) is 2.34. The summed E-state index contributed by atoms with van der Waals surface area (Å²) in [6, 6.07) is 0.731. The minimum atomic E-state index is 0.731. The van der Waals surface area contributed by atoms with E-state index in [0.717, 1.165) is 17.9 Å². The summed E-state index contributed by atoms with van der Waals surface area (Å²) in [5.41, 5.74) is 0. The Morgan fingerprint density at radius 3 is 2.56 bits per heavy atom. The van der Waals surface area contributed by atoms with E-state index in [4.69, 9.17) is 0 Å². The van der Waals surface area contributed by atoms with Crippen LogP contribution >= 0.6 is 0 Å². The maximum Gasteiger partial charge on any atom is 0.0198 e. The molecule has 0 spiro atoms. The zero-order valence-electron chi connectivity index (χ0n) is 13.0. The summed E-state index contributed by atoms with van der Waals surface area (Å²) >= 11 is 0. The quantitative estimate of drug-likeness (QED) is 0.713. The topological polar surface area (TPSA) is 15.3 Å². The minimum absolute atomic E-state index is 0.731. The van der Waals surface area contributed by atoms with Gasteiger partial charge in [0.15, 0.2) is 0 Å². The van der Waals surface area contributed by atoms with Crippen molar-refractivity contribution in [3.05, 3.63) is 0 Å².